The van der Waals surface area contributed by atoms with Crippen molar-refractivity contribution in [3.63, 3.8) is 0 Å². The summed E-state index contributed by atoms with van der Waals surface area (Å²) in [6.07, 6.45) is 4.41. The van der Waals surface area contributed by atoms with Crippen molar-refractivity contribution in [3.05, 3.63) is 23.9 Å². The van der Waals surface area contributed by atoms with Crippen LogP contribution in [-0.4, -0.2) is 35.8 Å². The normalized spacial score (nSPS) is 30.3. The molecule has 0 aromatic heterocycles. The zero-order valence-electron chi connectivity index (χ0n) is 8.96. The van der Waals surface area contributed by atoms with Crippen LogP contribution in [0.25, 0.3) is 0 Å². The summed E-state index contributed by atoms with van der Waals surface area (Å²) in [6.45, 7) is 0.972. The third kappa shape index (κ3) is 2.98. The van der Waals surface area contributed by atoms with Gasteiger partial charge < -0.3 is 24.4 Å². The lowest BCUT2D eigenvalue weighted by molar-refractivity contribution is -0.160. The lowest BCUT2D eigenvalue weighted by Gasteiger charge is -2.23. The van der Waals surface area contributed by atoms with E-state index < -0.39 is 6.10 Å². The van der Waals surface area contributed by atoms with Crippen LogP contribution in [0, 0.1) is 0 Å². The Hall–Kier alpha value is -1.04. The van der Waals surface area contributed by atoms with Gasteiger partial charge in [-0.2, -0.15) is 0 Å². The van der Waals surface area contributed by atoms with E-state index >= 15 is 0 Å². The van der Waals surface area contributed by atoms with Crippen molar-refractivity contribution in [2.24, 2.45) is 0 Å². The predicted molar refractivity (Wildman–Crippen MR) is 55.4 cm³/mol. The highest BCUT2D eigenvalue weighted by molar-refractivity contribution is 5.14. The van der Waals surface area contributed by atoms with E-state index in [1.807, 2.05) is 0 Å². The molecule has 0 amide bonds. The van der Waals surface area contributed by atoms with E-state index in [4.69, 9.17) is 19.3 Å². The average molecular weight is 228 g/mol. The predicted octanol–water partition coefficient (Wildman–Crippen LogP) is 1.20. The summed E-state index contributed by atoms with van der Waals surface area (Å²) < 4.78 is 15.9. The summed E-state index contributed by atoms with van der Waals surface area (Å²) in [7, 11) is 0. The molecule has 2 aliphatic rings. The molecular formula is C11H16O5. The summed E-state index contributed by atoms with van der Waals surface area (Å²) in [5.41, 5.74) is 0. The Labute approximate surface area is 93.9 Å². The maximum absolute atomic E-state index is 9.32. The number of aliphatic hydroxyl groups excluding tert-OH is 2. The fraction of sp³-hybridized carbons (Fsp3) is 0.636. The molecular weight excluding hydrogens is 212 g/mol. The van der Waals surface area contributed by atoms with E-state index in [0.29, 0.717) is 5.76 Å². The summed E-state index contributed by atoms with van der Waals surface area (Å²) in [5, 5.41) is 18.4. The summed E-state index contributed by atoms with van der Waals surface area (Å²) >= 11 is 0. The number of aliphatic hydroxyl groups is 2. The van der Waals surface area contributed by atoms with Crippen LogP contribution in [0.1, 0.15) is 19.3 Å². The molecule has 5 heteroatoms. The van der Waals surface area contributed by atoms with Gasteiger partial charge in [0.05, 0.1) is 0 Å². The van der Waals surface area contributed by atoms with Gasteiger partial charge in [-0.1, -0.05) is 0 Å². The van der Waals surface area contributed by atoms with E-state index in [-0.39, 0.29) is 18.7 Å². The third-order valence-corrected chi connectivity index (χ3v) is 2.53. The Morgan fingerprint density at radius 1 is 1.44 bits per heavy atom. The van der Waals surface area contributed by atoms with Crippen LogP contribution in [0.15, 0.2) is 23.9 Å². The fourth-order valence-corrected chi connectivity index (χ4v) is 1.61. The topological polar surface area (TPSA) is 68.2 Å². The van der Waals surface area contributed by atoms with Crippen LogP contribution in [0.3, 0.4) is 0 Å². The maximum atomic E-state index is 9.32. The molecule has 0 radical (unpaired) electrons. The van der Waals surface area contributed by atoms with E-state index in [1.54, 1.807) is 0 Å². The standard InChI is InChI=1S/C11H16O5/c12-9-5-8(15-7-10(9)13)6-16-11-3-1-2-4-14-11/h5,7,9,11-13H,1-4,6H2. The molecule has 1 fully saturated rings. The fourth-order valence-electron chi connectivity index (χ4n) is 1.61. The Bertz CT molecular complexity index is 291. The van der Waals surface area contributed by atoms with Gasteiger partial charge in [-0.15, -0.1) is 0 Å². The van der Waals surface area contributed by atoms with Crippen molar-refractivity contribution in [2.75, 3.05) is 13.2 Å². The summed E-state index contributed by atoms with van der Waals surface area (Å²) in [4.78, 5) is 0. The Balaban J connectivity index is 1.76. The number of ether oxygens (including phenoxy) is 3. The molecule has 90 valence electrons. The number of hydrogen-bond acceptors (Lipinski definition) is 5. The molecule has 2 unspecified atom stereocenters. The first-order chi connectivity index (χ1) is 7.75. The zero-order chi connectivity index (χ0) is 11.4. The van der Waals surface area contributed by atoms with Crippen LogP contribution in [0.2, 0.25) is 0 Å². The largest absolute Gasteiger partial charge is 0.506 e. The quantitative estimate of drug-likeness (QED) is 0.759. The van der Waals surface area contributed by atoms with Crippen LogP contribution in [0.4, 0.5) is 0 Å². The minimum atomic E-state index is -1.00. The van der Waals surface area contributed by atoms with Gasteiger partial charge in [0.25, 0.3) is 0 Å². The van der Waals surface area contributed by atoms with Gasteiger partial charge in [0.2, 0.25) is 0 Å². The lowest BCUT2D eigenvalue weighted by Crippen LogP contribution is -2.24. The molecule has 2 atom stereocenters. The molecule has 0 saturated carbocycles. The number of hydrogen-bond donors (Lipinski definition) is 2. The lowest BCUT2D eigenvalue weighted by atomic mass is 10.2. The molecule has 0 aliphatic carbocycles. The molecule has 1 saturated heterocycles. The van der Waals surface area contributed by atoms with Crippen molar-refractivity contribution < 1.29 is 24.4 Å². The minimum absolute atomic E-state index is 0.185. The van der Waals surface area contributed by atoms with Gasteiger partial charge in [0, 0.05) is 6.61 Å². The molecule has 0 aromatic rings. The van der Waals surface area contributed by atoms with E-state index in [9.17, 15) is 5.11 Å². The van der Waals surface area contributed by atoms with E-state index in [1.165, 1.54) is 6.08 Å². The molecule has 2 N–H and O–H groups in total. The third-order valence-electron chi connectivity index (χ3n) is 2.53. The van der Waals surface area contributed by atoms with Crippen LogP contribution >= 0.6 is 0 Å². The second-order valence-electron chi connectivity index (χ2n) is 3.85. The number of rotatable bonds is 3. The second-order valence-corrected chi connectivity index (χ2v) is 3.85. The Kier molecular flexibility index (Phi) is 3.82. The summed E-state index contributed by atoms with van der Waals surface area (Å²) in [6, 6.07) is 0. The van der Waals surface area contributed by atoms with E-state index in [0.717, 1.165) is 32.1 Å². The van der Waals surface area contributed by atoms with Crippen molar-refractivity contribution in [1.82, 2.24) is 0 Å². The molecule has 5 nitrogen and oxygen atoms in total. The van der Waals surface area contributed by atoms with Gasteiger partial charge >= 0.3 is 0 Å². The smallest absolute Gasteiger partial charge is 0.160 e. The van der Waals surface area contributed by atoms with E-state index in [2.05, 4.69) is 0 Å². The van der Waals surface area contributed by atoms with Gasteiger partial charge in [-0.3, -0.25) is 0 Å². The zero-order valence-corrected chi connectivity index (χ0v) is 8.96. The molecule has 16 heavy (non-hydrogen) atoms. The Morgan fingerprint density at radius 2 is 2.31 bits per heavy atom. The monoisotopic (exact) mass is 228 g/mol. The van der Waals surface area contributed by atoms with Gasteiger partial charge in [-0.25, -0.2) is 0 Å². The molecule has 0 aromatic carbocycles. The van der Waals surface area contributed by atoms with Crippen molar-refractivity contribution in [3.8, 4) is 0 Å². The molecule has 2 rings (SSSR count). The van der Waals surface area contributed by atoms with Crippen molar-refractivity contribution in [1.29, 1.82) is 0 Å². The van der Waals surface area contributed by atoms with Crippen LogP contribution in [0.5, 0.6) is 0 Å². The van der Waals surface area contributed by atoms with Crippen molar-refractivity contribution in [2.45, 2.75) is 31.7 Å². The van der Waals surface area contributed by atoms with Crippen molar-refractivity contribution >= 4 is 0 Å². The maximum Gasteiger partial charge on any atom is 0.160 e. The molecule has 2 aliphatic heterocycles. The highest BCUT2D eigenvalue weighted by Gasteiger charge is 2.18. The summed E-state index contributed by atoms with van der Waals surface area (Å²) in [5.74, 6) is 0.289. The van der Waals surface area contributed by atoms with Gasteiger partial charge in [-0.05, 0) is 25.3 Å². The van der Waals surface area contributed by atoms with Gasteiger partial charge in [0.1, 0.15) is 24.7 Å². The minimum Gasteiger partial charge on any atom is -0.506 e. The molecule has 0 spiro atoms. The second kappa shape index (κ2) is 5.34. The first-order valence-electron chi connectivity index (χ1n) is 5.43. The SMILES string of the molecule is OC1=COC(COC2CCCCO2)=CC1O. The highest BCUT2D eigenvalue weighted by atomic mass is 16.7. The molecule has 0 bridgehead atoms. The first-order valence-corrected chi connectivity index (χ1v) is 5.43. The van der Waals surface area contributed by atoms with Crippen LogP contribution < -0.4 is 0 Å². The first kappa shape index (κ1) is 11.4. The average Bonchev–Trinajstić information content (AvgIpc) is 2.32. The van der Waals surface area contributed by atoms with Gasteiger partial charge in [0.15, 0.2) is 12.0 Å². The molecule has 2 heterocycles. The highest BCUT2D eigenvalue weighted by Crippen LogP contribution is 2.17. The Morgan fingerprint density at radius 3 is 3.00 bits per heavy atom. The van der Waals surface area contributed by atoms with Crippen LogP contribution in [-0.2, 0) is 14.2 Å².